The minimum absolute atomic E-state index is 0.0813. The standard InChI is InChI=1S/C22H23N3O4/c1-3-29-17-10-6-15(7-11-17)20-19-18(23-22(27)24-20)13-25(21(19)26)12-14-4-8-16(28-2)9-5-14/h4-11,20H,3,12-13H2,1-2H3,(H2,23,24,27)/t20-/m1/s1. The molecule has 7 nitrogen and oxygen atoms in total. The van der Waals surface area contributed by atoms with Crippen molar-refractivity contribution in [3.63, 3.8) is 0 Å². The number of hydrogen-bond donors (Lipinski definition) is 2. The Morgan fingerprint density at radius 3 is 2.38 bits per heavy atom. The summed E-state index contributed by atoms with van der Waals surface area (Å²) in [6, 6.07) is 14.3. The van der Waals surface area contributed by atoms with E-state index in [9.17, 15) is 9.59 Å². The molecule has 0 saturated heterocycles. The van der Waals surface area contributed by atoms with Crippen LogP contribution in [0.4, 0.5) is 4.79 Å². The maximum Gasteiger partial charge on any atom is 0.319 e. The molecule has 0 saturated carbocycles. The van der Waals surface area contributed by atoms with Gasteiger partial charge in [-0.3, -0.25) is 4.79 Å². The van der Waals surface area contributed by atoms with Crippen LogP contribution in [-0.4, -0.2) is 37.1 Å². The second-order valence-electron chi connectivity index (χ2n) is 6.94. The van der Waals surface area contributed by atoms with E-state index in [0.717, 1.165) is 22.6 Å². The van der Waals surface area contributed by atoms with Crippen LogP contribution < -0.4 is 20.1 Å². The van der Waals surface area contributed by atoms with Crippen LogP contribution in [0, 0.1) is 0 Å². The topological polar surface area (TPSA) is 79.9 Å². The van der Waals surface area contributed by atoms with Crippen molar-refractivity contribution in [2.24, 2.45) is 0 Å². The van der Waals surface area contributed by atoms with Crippen LogP contribution in [0.5, 0.6) is 11.5 Å². The van der Waals surface area contributed by atoms with Crippen LogP contribution >= 0.6 is 0 Å². The Labute approximate surface area is 169 Å². The molecule has 1 atom stereocenters. The Morgan fingerprint density at radius 2 is 1.72 bits per heavy atom. The van der Waals surface area contributed by atoms with Gasteiger partial charge in [-0.25, -0.2) is 4.79 Å². The molecule has 2 N–H and O–H groups in total. The number of rotatable bonds is 6. The summed E-state index contributed by atoms with van der Waals surface area (Å²) >= 11 is 0. The molecule has 0 fully saturated rings. The fraction of sp³-hybridized carbons (Fsp3) is 0.273. The number of carbonyl (C=O) groups excluding carboxylic acids is 2. The van der Waals surface area contributed by atoms with Gasteiger partial charge in [-0.05, 0) is 42.3 Å². The lowest BCUT2D eigenvalue weighted by molar-refractivity contribution is -0.126. The summed E-state index contributed by atoms with van der Waals surface area (Å²) in [7, 11) is 1.62. The lowest BCUT2D eigenvalue weighted by Crippen LogP contribution is -2.44. The van der Waals surface area contributed by atoms with Crippen LogP contribution in [0.15, 0.2) is 59.8 Å². The minimum Gasteiger partial charge on any atom is -0.497 e. The van der Waals surface area contributed by atoms with Gasteiger partial charge in [0.25, 0.3) is 5.91 Å². The van der Waals surface area contributed by atoms with Gasteiger partial charge in [0.2, 0.25) is 0 Å². The van der Waals surface area contributed by atoms with E-state index < -0.39 is 6.04 Å². The van der Waals surface area contributed by atoms with Crippen molar-refractivity contribution in [1.29, 1.82) is 0 Å². The summed E-state index contributed by atoms with van der Waals surface area (Å²) < 4.78 is 10.7. The van der Waals surface area contributed by atoms with Crippen LogP contribution in [0.2, 0.25) is 0 Å². The number of nitrogens with zero attached hydrogens (tertiary/aromatic N) is 1. The third-order valence-corrected chi connectivity index (χ3v) is 5.08. The third-order valence-electron chi connectivity index (χ3n) is 5.08. The number of urea groups is 1. The molecule has 0 spiro atoms. The van der Waals surface area contributed by atoms with E-state index in [2.05, 4.69) is 10.6 Å². The van der Waals surface area contributed by atoms with Gasteiger partial charge in [0.05, 0.1) is 37.6 Å². The molecule has 150 valence electrons. The first-order chi connectivity index (χ1) is 14.1. The highest BCUT2D eigenvalue weighted by Gasteiger charge is 2.40. The lowest BCUT2D eigenvalue weighted by Gasteiger charge is -2.25. The molecule has 2 aliphatic heterocycles. The molecule has 0 radical (unpaired) electrons. The van der Waals surface area contributed by atoms with E-state index in [1.165, 1.54) is 0 Å². The van der Waals surface area contributed by atoms with Gasteiger partial charge in [-0.2, -0.15) is 0 Å². The molecule has 0 aliphatic carbocycles. The summed E-state index contributed by atoms with van der Waals surface area (Å²) in [5.41, 5.74) is 3.08. The average molecular weight is 393 g/mol. The zero-order valence-electron chi connectivity index (χ0n) is 16.4. The number of ether oxygens (including phenoxy) is 2. The van der Waals surface area contributed by atoms with E-state index in [4.69, 9.17) is 9.47 Å². The first kappa shape index (κ1) is 18.9. The molecular formula is C22H23N3O4. The average Bonchev–Trinajstić information content (AvgIpc) is 3.04. The monoisotopic (exact) mass is 393 g/mol. The van der Waals surface area contributed by atoms with E-state index in [1.807, 2.05) is 55.5 Å². The third kappa shape index (κ3) is 3.76. The van der Waals surface area contributed by atoms with E-state index >= 15 is 0 Å². The van der Waals surface area contributed by atoms with Crippen molar-refractivity contribution in [3.8, 4) is 11.5 Å². The van der Waals surface area contributed by atoms with Crippen molar-refractivity contribution < 1.29 is 19.1 Å². The van der Waals surface area contributed by atoms with Crippen molar-refractivity contribution >= 4 is 11.9 Å². The van der Waals surface area contributed by atoms with Crippen LogP contribution in [0.3, 0.4) is 0 Å². The zero-order chi connectivity index (χ0) is 20.4. The van der Waals surface area contributed by atoms with Crippen molar-refractivity contribution in [1.82, 2.24) is 15.5 Å². The highest BCUT2D eigenvalue weighted by molar-refractivity contribution is 6.01. The first-order valence-corrected chi connectivity index (χ1v) is 9.54. The van der Waals surface area contributed by atoms with Gasteiger partial charge in [0.1, 0.15) is 11.5 Å². The van der Waals surface area contributed by atoms with Crippen molar-refractivity contribution in [3.05, 3.63) is 70.9 Å². The Bertz CT molecular complexity index is 951. The SMILES string of the molecule is CCOc1ccc([C@H]2NC(=O)NC3=C2C(=O)N(Cc2ccc(OC)cc2)C3)cc1. The number of amides is 3. The van der Waals surface area contributed by atoms with Crippen molar-refractivity contribution in [2.75, 3.05) is 20.3 Å². The molecular weight excluding hydrogens is 370 g/mol. The molecule has 4 rings (SSSR count). The lowest BCUT2D eigenvalue weighted by atomic mass is 9.96. The quantitative estimate of drug-likeness (QED) is 0.791. The Balaban J connectivity index is 1.55. The van der Waals surface area contributed by atoms with Gasteiger partial charge < -0.3 is 25.0 Å². The summed E-state index contributed by atoms with van der Waals surface area (Å²) in [6.45, 7) is 3.34. The second-order valence-corrected chi connectivity index (χ2v) is 6.94. The highest BCUT2D eigenvalue weighted by atomic mass is 16.5. The number of hydrogen-bond acceptors (Lipinski definition) is 4. The van der Waals surface area contributed by atoms with Gasteiger partial charge >= 0.3 is 6.03 Å². The van der Waals surface area contributed by atoms with Crippen LogP contribution in [-0.2, 0) is 11.3 Å². The number of nitrogens with one attached hydrogen (secondary N) is 2. The van der Waals surface area contributed by atoms with E-state index in [1.54, 1.807) is 12.0 Å². The molecule has 7 heteroatoms. The molecule has 3 amide bonds. The minimum atomic E-state index is -0.484. The Kier molecular flexibility index (Phi) is 5.12. The smallest absolute Gasteiger partial charge is 0.319 e. The molecule has 0 bridgehead atoms. The molecule has 0 aromatic heterocycles. The van der Waals surface area contributed by atoms with E-state index in [0.29, 0.717) is 31.0 Å². The van der Waals surface area contributed by atoms with Gasteiger partial charge in [0.15, 0.2) is 0 Å². The summed E-state index contributed by atoms with van der Waals surface area (Å²) in [5.74, 6) is 1.44. The maximum absolute atomic E-state index is 13.2. The second kappa shape index (κ2) is 7.87. The molecule has 2 heterocycles. The predicted molar refractivity (Wildman–Crippen MR) is 107 cm³/mol. The molecule has 2 aliphatic rings. The fourth-order valence-electron chi connectivity index (χ4n) is 3.68. The van der Waals surface area contributed by atoms with Crippen molar-refractivity contribution in [2.45, 2.75) is 19.5 Å². The van der Waals surface area contributed by atoms with Gasteiger partial charge in [-0.15, -0.1) is 0 Å². The van der Waals surface area contributed by atoms with Crippen LogP contribution in [0.1, 0.15) is 24.1 Å². The fourth-order valence-corrected chi connectivity index (χ4v) is 3.68. The number of benzene rings is 2. The number of carbonyl (C=O) groups is 2. The summed E-state index contributed by atoms with van der Waals surface area (Å²) in [4.78, 5) is 27.1. The largest absolute Gasteiger partial charge is 0.497 e. The van der Waals surface area contributed by atoms with E-state index in [-0.39, 0.29) is 11.9 Å². The van der Waals surface area contributed by atoms with Gasteiger partial charge in [-0.1, -0.05) is 24.3 Å². The first-order valence-electron chi connectivity index (χ1n) is 9.54. The predicted octanol–water partition coefficient (Wildman–Crippen LogP) is 2.74. The summed E-state index contributed by atoms with van der Waals surface area (Å²) in [5, 5.41) is 5.67. The normalized spacial score (nSPS) is 18.3. The van der Waals surface area contributed by atoms with Gasteiger partial charge in [0, 0.05) is 6.54 Å². The summed E-state index contributed by atoms with van der Waals surface area (Å²) in [6.07, 6.45) is 0. The molecule has 2 aromatic rings. The van der Waals surface area contributed by atoms with Crippen LogP contribution in [0.25, 0.3) is 0 Å². The Hall–Kier alpha value is -3.48. The number of methoxy groups -OCH3 is 1. The maximum atomic E-state index is 13.2. The highest BCUT2D eigenvalue weighted by Crippen LogP contribution is 2.33. The molecule has 29 heavy (non-hydrogen) atoms. The Morgan fingerprint density at radius 1 is 1.03 bits per heavy atom. The molecule has 2 aromatic carbocycles. The molecule has 0 unspecified atom stereocenters. The zero-order valence-corrected chi connectivity index (χ0v) is 16.4.